The van der Waals surface area contributed by atoms with Gasteiger partial charge in [-0.2, -0.15) is 0 Å². The average Bonchev–Trinajstić information content (AvgIpc) is 2.59. The second-order valence-corrected chi connectivity index (χ2v) is 6.38. The molecule has 2 N–H and O–H groups in total. The van der Waals surface area contributed by atoms with Crippen molar-refractivity contribution in [3.05, 3.63) is 24.3 Å². The maximum absolute atomic E-state index is 12.1. The molecule has 0 radical (unpaired) electrons. The summed E-state index contributed by atoms with van der Waals surface area (Å²) in [7, 11) is 3.37. The Morgan fingerprint density at radius 3 is 2.68 bits per heavy atom. The van der Waals surface area contributed by atoms with Gasteiger partial charge in [-0.1, -0.05) is 6.07 Å². The van der Waals surface area contributed by atoms with Crippen LogP contribution in [0.2, 0.25) is 0 Å². The van der Waals surface area contributed by atoms with E-state index in [4.69, 9.17) is 4.74 Å². The van der Waals surface area contributed by atoms with Crippen LogP contribution in [0, 0.1) is 5.92 Å². The smallest absolute Gasteiger partial charge is 0.259 e. The van der Waals surface area contributed by atoms with Crippen LogP contribution in [0.1, 0.15) is 25.7 Å². The zero-order valence-electron chi connectivity index (χ0n) is 14.9. The summed E-state index contributed by atoms with van der Waals surface area (Å²) >= 11 is 0. The van der Waals surface area contributed by atoms with Gasteiger partial charge in [-0.05, 0) is 50.4 Å². The molecule has 25 heavy (non-hydrogen) atoms. The van der Waals surface area contributed by atoms with Crippen molar-refractivity contribution >= 4 is 29.9 Å². The van der Waals surface area contributed by atoms with Crippen molar-refractivity contribution in [3.8, 4) is 5.75 Å². The normalized spacial score (nSPS) is 14.3. The molecule has 1 aromatic rings. The molecule has 6 nitrogen and oxygen atoms in total. The van der Waals surface area contributed by atoms with E-state index in [9.17, 15) is 9.59 Å². The van der Waals surface area contributed by atoms with E-state index >= 15 is 0 Å². The van der Waals surface area contributed by atoms with Crippen LogP contribution in [0.5, 0.6) is 5.75 Å². The first-order valence-electron chi connectivity index (χ1n) is 8.48. The summed E-state index contributed by atoms with van der Waals surface area (Å²) in [4.78, 5) is 25.1. The van der Waals surface area contributed by atoms with E-state index in [2.05, 4.69) is 10.6 Å². The van der Waals surface area contributed by atoms with Gasteiger partial charge in [0.2, 0.25) is 5.91 Å². The molecule has 0 saturated carbocycles. The van der Waals surface area contributed by atoms with Crippen LogP contribution in [-0.4, -0.2) is 50.5 Å². The molecule has 0 aromatic heterocycles. The van der Waals surface area contributed by atoms with Gasteiger partial charge in [0.1, 0.15) is 5.75 Å². The van der Waals surface area contributed by atoms with E-state index < -0.39 is 0 Å². The van der Waals surface area contributed by atoms with Crippen LogP contribution in [-0.2, 0) is 9.59 Å². The van der Waals surface area contributed by atoms with Crippen molar-refractivity contribution in [1.29, 1.82) is 0 Å². The molecule has 1 aromatic carbocycles. The lowest BCUT2D eigenvalue weighted by atomic mass is 9.93. The van der Waals surface area contributed by atoms with Gasteiger partial charge < -0.3 is 20.3 Å². The van der Waals surface area contributed by atoms with E-state index in [0.29, 0.717) is 23.8 Å². The number of hydrogen-bond acceptors (Lipinski definition) is 4. The standard InChI is InChI=1S/C18H27N3O3.ClH/c1-21(2)18(23)13-24-16-5-3-4-15(12-16)20-17(22)7-6-14-8-10-19-11-9-14;/h3-5,12,14,19H,6-11,13H2,1-2H3,(H,20,22);1H. The molecular formula is C18H28ClN3O3. The molecule has 0 bridgehead atoms. The Balaban J connectivity index is 0.00000312. The molecule has 0 unspecified atom stereocenters. The van der Waals surface area contributed by atoms with Gasteiger partial charge in [-0.25, -0.2) is 0 Å². The maximum Gasteiger partial charge on any atom is 0.259 e. The number of nitrogens with zero attached hydrogens (tertiary/aromatic N) is 1. The topological polar surface area (TPSA) is 70.7 Å². The Kier molecular flexibility index (Phi) is 9.31. The zero-order valence-corrected chi connectivity index (χ0v) is 15.7. The van der Waals surface area contributed by atoms with Crippen LogP contribution >= 0.6 is 12.4 Å². The van der Waals surface area contributed by atoms with Crippen LogP contribution in [0.4, 0.5) is 5.69 Å². The molecular weight excluding hydrogens is 342 g/mol. The van der Waals surface area contributed by atoms with E-state index in [0.717, 1.165) is 32.4 Å². The Bertz CT molecular complexity index is 560. The number of benzene rings is 1. The number of anilines is 1. The summed E-state index contributed by atoms with van der Waals surface area (Å²) in [5, 5.41) is 6.24. The molecule has 1 aliphatic heterocycles. The summed E-state index contributed by atoms with van der Waals surface area (Å²) in [6.45, 7) is 2.09. The van der Waals surface area contributed by atoms with Crippen molar-refractivity contribution < 1.29 is 14.3 Å². The fourth-order valence-corrected chi connectivity index (χ4v) is 2.67. The number of halogens is 1. The quantitative estimate of drug-likeness (QED) is 0.773. The molecule has 0 spiro atoms. The van der Waals surface area contributed by atoms with Crippen LogP contribution in [0.25, 0.3) is 0 Å². The summed E-state index contributed by atoms with van der Waals surface area (Å²) in [6.07, 6.45) is 3.77. The summed E-state index contributed by atoms with van der Waals surface area (Å²) in [5.41, 5.74) is 0.695. The Morgan fingerprint density at radius 1 is 1.28 bits per heavy atom. The number of piperidine rings is 1. The maximum atomic E-state index is 12.1. The lowest BCUT2D eigenvalue weighted by Gasteiger charge is -2.22. The predicted octanol–water partition coefficient (Wildman–Crippen LogP) is 2.29. The molecule has 0 aliphatic carbocycles. The highest BCUT2D eigenvalue weighted by Crippen LogP contribution is 2.20. The number of hydrogen-bond donors (Lipinski definition) is 2. The number of carbonyl (C=O) groups is 2. The lowest BCUT2D eigenvalue weighted by Crippen LogP contribution is -2.28. The average molecular weight is 370 g/mol. The lowest BCUT2D eigenvalue weighted by molar-refractivity contribution is -0.130. The second kappa shape index (κ2) is 10.9. The molecule has 1 heterocycles. The number of ether oxygens (including phenoxy) is 1. The zero-order chi connectivity index (χ0) is 17.4. The van der Waals surface area contributed by atoms with Gasteiger partial charge in [-0.15, -0.1) is 12.4 Å². The fourth-order valence-electron chi connectivity index (χ4n) is 2.67. The largest absolute Gasteiger partial charge is 0.484 e. The number of amides is 2. The second-order valence-electron chi connectivity index (χ2n) is 6.38. The monoisotopic (exact) mass is 369 g/mol. The minimum Gasteiger partial charge on any atom is -0.484 e. The van der Waals surface area contributed by atoms with Gasteiger partial charge in [0.05, 0.1) is 0 Å². The Morgan fingerprint density at radius 2 is 2.00 bits per heavy atom. The van der Waals surface area contributed by atoms with Crippen molar-refractivity contribution in [2.24, 2.45) is 5.92 Å². The van der Waals surface area contributed by atoms with Gasteiger partial charge >= 0.3 is 0 Å². The molecule has 1 fully saturated rings. The van der Waals surface area contributed by atoms with E-state index in [1.165, 1.54) is 4.90 Å². The van der Waals surface area contributed by atoms with Crippen LogP contribution in [0.3, 0.4) is 0 Å². The SMILES string of the molecule is CN(C)C(=O)COc1cccc(NC(=O)CCC2CCNCC2)c1.Cl. The predicted molar refractivity (Wildman–Crippen MR) is 101 cm³/mol. The van der Waals surface area contributed by atoms with Crippen molar-refractivity contribution in [2.45, 2.75) is 25.7 Å². The Hall–Kier alpha value is -1.79. The number of nitrogens with one attached hydrogen (secondary N) is 2. The first kappa shape index (κ1) is 21.3. The first-order valence-corrected chi connectivity index (χ1v) is 8.48. The third kappa shape index (κ3) is 7.75. The van der Waals surface area contributed by atoms with Gasteiger partial charge in [0.15, 0.2) is 6.61 Å². The van der Waals surface area contributed by atoms with Gasteiger partial charge in [0, 0.05) is 32.3 Å². The van der Waals surface area contributed by atoms with Crippen LogP contribution < -0.4 is 15.4 Å². The molecule has 1 saturated heterocycles. The Labute approximate surface area is 155 Å². The van der Waals surface area contributed by atoms with Gasteiger partial charge in [-0.3, -0.25) is 9.59 Å². The highest BCUT2D eigenvalue weighted by atomic mass is 35.5. The summed E-state index contributed by atoms with van der Waals surface area (Å²) in [6, 6.07) is 7.14. The van der Waals surface area contributed by atoms with Crippen LogP contribution in [0.15, 0.2) is 24.3 Å². The van der Waals surface area contributed by atoms with Crippen molar-refractivity contribution in [2.75, 3.05) is 39.1 Å². The van der Waals surface area contributed by atoms with E-state index in [1.54, 1.807) is 32.3 Å². The molecule has 140 valence electrons. The number of rotatable bonds is 7. The summed E-state index contributed by atoms with van der Waals surface area (Å²) in [5.74, 6) is 1.13. The highest BCUT2D eigenvalue weighted by Gasteiger charge is 2.14. The van der Waals surface area contributed by atoms with E-state index in [-0.39, 0.29) is 30.8 Å². The van der Waals surface area contributed by atoms with Crippen molar-refractivity contribution in [1.82, 2.24) is 10.2 Å². The molecule has 0 atom stereocenters. The molecule has 1 aliphatic rings. The fraction of sp³-hybridized carbons (Fsp3) is 0.556. The van der Waals surface area contributed by atoms with Crippen molar-refractivity contribution in [3.63, 3.8) is 0 Å². The minimum atomic E-state index is -0.105. The third-order valence-electron chi connectivity index (χ3n) is 4.22. The molecule has 7 heteroatoms. The van der Waals surface area contributed by atoms with Gasteiger partial charge in [0.25, 0.3) is 5.91 Å². The number of carbonyl (C=O) groups excluding carboxylic acids is 2. The first-order chi connectivity index (χ1) is 11.5. The number of likely N-dealkylation sites (N-methyl/N-ethyl adjacent to an activating group) is 1. The molecule has 2 amide bonds. The third-order valence-corrected chi connectivity index (χ3v) is 4.22. The molecule has 2 rings (SSSR count). The highest BCUT2D eigenvalue weighted by molar-refractivity contribution is 5.90. The minimum absolute atomic E-state index is 0. The summed E-state index contributed by atoms with van der Waals surface area (Å²) < 4.78 is 5.46. The van der Waals surface area contributed by atoms with E-state index in [1.807, 2.05) is 6.07 Å².